The number of para-hydroxylation sites is 1. The maximum Gasteiger partial charge on any atom is 1.00 e. The van der Waals surface area contributed by atoms with E-state index in [0.717, 1.165) is 18.2 Å². The first-order valence-electron chi connectivity index (χ1n) is 10.0. The van der Waals surface area contributed by atoms with Crippen molar-refractivity contribution in [2.75, 3.05) is 6.61 Å². The van der Waals surface area contributed by atoms with Crippen molar-refractivity contribution in [2.24, 2.45) is 0 Å². The Labute approximate surface area is 196 Å². The topological polar surface area (TPSA) is 96.6 Å². The van der Waals surface area contributed by atoms with Gasteiger partial charge in [-0.25, -0.2) is 13.2 Å². The molecular formula is C21H31NaO6S. The van der Waals surface area contributed by atoms with E-state index < -0.39 is 10.4 Å². The molecule has 1 aromatic carbocycles. The fraction of sp³-hybridized carbons (Fsp3) is 0.571. The molecule has 0 atom stereocenters. The fourth-order valence-electron chi connectivity index (χ4n) is 2.76. The summed E-state index contributed by atoms with van der Waals surface area (Å²) in [7, 11) is -4.48. The molecule has 0 amide bonds. The first-order chi connectivity index (χ1) is 13.4. The molecule has 0 bridgehead atoms. The molecule has 1 heterocycles. The van der Waals surface area contributed by atoms with Gasteiger partial charge >= 0.3 is 35.2 Å². The van der Waals surface area contributed by atoms with Gasteiger partial charge in [-0.2, -0.15) is 0 Å². The molecule has 0 aliphatic heterocycles. The summed E-state index contributed by atoms with van der Waals surface area (Å²) in [6, 6.07) is 10.6. The number of hydrogen-bond donors (Lipinski definition) is 0. The molecule has 0 saturated heterocycles. The Morgan fingerprint density at radius 1 is 0.862 bits per heavy atom. The van der Waals surface area contributed by atoms with Crippen molar-refractivity contribution in [3.05, 3.63) is 46.8 Å². The second-order valence-corrected chi connectivity index (χ2v) is 7.76. The van der Waals surface area contributed by atoms with Crippen LogP contribution in [0.15, 0.2) is 45.6 Å². The van der Waals surface area contributed by atoms with E-state index in [1.54, 1.807) is 12.1 Å². The number of benzene rings is 1. The molecule has 0 fully saturated rings. The normalized spacial score (nSPS) is 10.8. The van der Waals surface area contributed by atoms with Crippen LogP contribution in [0.4, 0.5) is 0 Å². The average Bonchev–Trinajstić information content (AvgIpc) is 2.65. The van der Waals surface area contributed by atoms with E-state index in [1.165, 1.54) is 51.0 Å². The number of hydrogen-bond acceptors (Lipinski definition) is 6. The third-order valence-electron chi connectivity index (χ3n) is 4.25. The molecule has 0 unspecified atom stereocenters. The number of unbranched alkanes of at least 4 members (excludes halogenated alkanes) is 9. The molecule has 29 heavy (non-hydrogen) atoms. The zero-order valence-corrected chi connectivity index (χ0v) is 20.4. The van der Waals surface area contributed by atoms with E-state index >= 15 is 0 Å². The van der Waals surface area contributed by atoms with Crippen LogP contribution in [0.25, 0.3) is 11.0 Å². The molecule has 0 aliphatic carbocycles. The van der Waals surface area contributed by atoms with Gasteiger partial charge in [0.2, 0.25) is 10.4 Å². The Kier molecular flexibility index (Phi) is 16.6. The summed E-state index contributed by atoms with van der Waals surface area (Å²) >= 11 is 0. The van der Waals surface area contributed by atoms with Gasteiger partial charge in [0, 0.05) is 11.5 Å². The number of rotatable bonds is 12. The smallest absolute Gasteiger partial charge is 0.726 e. The zero-order valence-electron chi connectivity index (χ0n) is 17.6. The van der Waals surface area contributed by atoms with Crippen LogP contribution in [0.2, 0.25) is 0 Å². The average molecular weight is 435 g/mol. The maximum atomic E-state index is 10.7. The summed E-state index contributed by atoms with van der Waals surface area (Å²) in [5.41, 5.74) is 0.337. The standard InChI is InChI=1S/C12H26O4S.C9H6O2.Na/c1-2-3-4-5-6-7-8-9-10-11-12-16-17(13,14)15;10-9-6-5-7-3-1-2-4-8(7)11-9;/h2-12H2,1H3,(H,13,14,15);1-6H;/q;;+1/p-1. The molecule has 0 N–H and O–H groups in total. The predicted octanol–water partition coefficient (Wildman–Crippen LogP) is 2.18. The van der Waals surface area contributed by atoms with Crippen LogP contribution >= 0.6 is 0 Å². The molecule has 2 aromatic rings. The van der Waals surface area contributed by atoms with Crippen molar-refractivity contribution in [3.63, 3.8) is 0 Å². The van der Waals surface area contributed by atoms with Gasteiger partial charge in [0.25, 0.3) is 0 Å². The van der Waals surface area contributed by atoms with E-state index in [-0.39, 0.29) is 41.8 Å². The Bertz CT molecular complexity index is 819. The minimum Gasteiger partial charge on any atom is -0.726 e. The van der Waals surface area contributed by atoms with Gasteiger partial charge in [-0.05, 0) is 18.6 Å². The fourth-order valence-corrected chi connectivity index (χ4v) is 3.08. The zero-order chi connectivity index (χ0) is 20.7. The summed E-state index contributed by atoms with van der Waals surface area (Å²) in [6.07, 6.45) is 11.7. The summed E-state index contributed by atoms with van der Waals surface area (Å²) in [5.74, 6) is 0. The van der Waals surface area contributed by atoms with Gasteiger partial charge in [-0.3, -0.25) is 4.18 Å². The van der Waals surface area contributed by atoms with Crippen LogP contribution in [-0.2, 0) is 14.6 Å². The van der Waals surface area contributed by atoms with Crippen molar-refractivity contribution in [1.82, 2.24) is 0 Å². The Hall–Kier alpha value is -0.700. The van der Waals surface area contributed by atoms with Crippen LogP contribution in [0.1, 0.15) is 71.1 Å². The molecule has 0 radical (unpaired) electrons. The van der Waals surface area contributed by atoms with E-state index in [1.807, 2.05) is 18.2 Å². The van der Waals surface area contributed by atoms with Gasteiger partial charge in [0.05, 0.1) is 6.61 Å². The van der Waals surface area contributed by atoms with E-state index in [9.17, 15) is 17.8 Å². The third kappa shape index (κ3) is 15.8. The second-order valence-electron chi connectivity index (χ2n) is 6.70. The monoisotopic (exact) mass is 434 g/mol. The van der Waals surface area contributed by atoms with Crippen molar-refractivity contribution in [3.8, 4) is 0 Å². The first-order valence-corrected chi connectivity index (χ1v) is 11.3. The van der Waals surface area contributed by atoms with E-state index in [2.05, 4.69) is 11.1 Å². The summed E-state index contributed by atoms with van der Waals surface area (Å²) in [4.78, 5) is 10.7. The molecule has 0 aliphatic rings. The minimum absolute atomic E-state index is 0. The molecule has 0 saturated carbocycles. The second kappa shape index (κ2) is 17.0. The summed E-state index contributed by atoms with van der Waals surface area (Å²) in [6.45, 7) is 2.24. The molecule has 158 valence electrons. The largest absolute Gasteiger partial charge is 1.00 e. The molecule has 6 nitrogen and oxygen atoms in total. The van der Waals surface area contributed by atoms with Crippen molar-refractivity contribution in [1.29, 1.82) is 0 Å². The predicted molar refractivity (Wildman–Crippen MR) is 110 cm³/mol. The molecule has 1 aromatic heterocycles. The van der Waals surface area contributed by atoms with E-state index in [0.29, 0.717) is 12.0 Å². The Morgan fingerprint density at radius 3 is 2.00 bits per heavy atom. The quantitative estimate of drug-likeness (QED) is 0.167. The van der Waals surface area contributed by atoms with Crippen molar-refractivity contribution in [2.45, 2.75) is 71.1 Å². The molecule has 2 rings (SSSR count). The molecule has 8 heteroatoms. The Morgan fingerprint density at radius 2 is 1.41 bits per heavy atom. The SMILES string of the molecule is CCCCCCCCCCCCOS(=O)(=O)[O-].O=c1ccc2ccccc2o1.[Na+]. The minimum atomic E-state index is -4.48. The van der Waals surface area contributed by atoms with Crippen LogP contribution in [0.3, 0.4) is 0 Å². The van der Waals surface area contributed by atoms with E-state index in [4.69, 9.17) is 4.42 Å². The summed E-state index contributed by atoms with van der Waals surface area (Å²) in [5, 5.41) is 0.951. The first kappa shape index (κ1) is 28.3. The molecule has 0 spiro atoms. The van der Waals surface area contributed by atoms with Gasteiger partial charge in [-0.1, -0.05) is 82.9 Å². The van der Waals surface area contributed by atoms with Crippen LogP contribution in [0.5, 0.6) is 0 Å². The van der Waals surface area contributed by atoms with Crippen LogP contribution < -0.4 is 35.2 Å². The van der Waals surface area contributed by atoms with Gasteiger partial charge in [0.1, 0.15) is 5.58 Å². The van der Waals surface area contributed by atoms with Gasteiger partial charge in [-0.15, -0.1) is 0 Å². The van der Waals surface area contributed by atoms with Crippen molar-refractivity contribution < 1.29 is 51.1 Å². The van der Waals surface area contributed by atoms with Crippen molar-refractivity contribution >= 4 is 21.4 Å². The van der Waals surface area contributed by atoms with Crippen LogP contribution in [0, 0.1) is 0 Å². The van der Waals surface area contributed by atoms with Gasteiger partial charge in [0.15, 0.2) is 0 Å². The third-order valence-corrected chi connectivity index (χ3v) is 4.71. The Balaban J connectivity index is 0.000000560. The summed E-state index contributed by atoms with van der Waals surface area (Å²) < 4.78 is 39.4. The molecular weight excluding hydrogens is 403 g/mol. The number of fused-ring (bicyclic) bond motifs is 1. The van der Waals surface area contributed by atoms with Crippen LogP contribution in [-0.4, -0.2) is 19.6 Å². The maximum absolute atomic E-state index is 10.7. The van der Waals surface area contributed by atoms with Gasteiger partial charge < -0.3 is 8.97 Å².